The fourth-order valence-electron chi connectivity index (χ4n) is 3.33. The smallest absolute Gasteiger partial charge is 0.267 e. The Kier molecular flexibility index (Phi) is 5.18. The minimum Gasteiger partial charge on any atom is -0.495 e. The number of nitrogens with one attached hydrogen (secondary N) is 1. The molecule has 1 aliphatic heterocycles. The highest BCUT2D eigenvalue weighted by molar-refractivity contribution is 7.94. The fourth-order valence-corrected chi connectivity index (χ4v) is 7.54. The van der Waals surface area contributed by atoms with E-state index >= 15 is 0 Å². The molecule has 4 rings (SSSR count). The number of rotatable bonds is 5. The molecule has 2 aromatic carbocycles. The first-order valence-corrected chi connectivity index (χ1v) is 13.1. The molecule has 0 spiro atoms. The summed E-state index contributed by atoms with van der Waals surface area (Å²) >= 11 is 1.17. The summed E-state index contributed by atoms with van der Waals surface area (Å²) in [4.78, 5) is 16.4. The number of hydrogen-bond acceptors (Lipinski definition) is 8. The SMILES string of the molecule is COc1ccc(N2C(=O)C(C)CS2(=O)=O)cc1S(=O)(=O)Nc1nc2ccc(C)cc2s1. The molecule has 0 radical (unpaired) electrons. The van der Waals surface area contributed by atoms with Gasteiger partial charge < -0.3 is 4.74 Å². The molecule has 1 saturated heterocycles. The van der Waals surface area contributed by atoms with Crippen molar-refractivity contribution >= 4 is 58.3 Å². The van der Waals surface area contributed by atoms with Gasteiger partial charge in [-0.05, 0) is 42.8 Å². The Bertz CT molecular complexity index is 1410. The van der Waals surface area contributed by atoms with Crippen LogP contribution in [0.5, 0.6) is 5.75 Å². The number of sulfonamides is 2. The minimum absolute atomic E-state index is 0.00491. The van der Waals surface area contributed by atoms with Gasteiger partial charge in [-0.25, -0.2) is 26.1 Å². The number of benzene rings is 2. The van der Waals surface area contributed by atoms with E-state index < -0.39 is 31.9 Å². The first kappa shape index (κ1) is 21.5. The topological polar surface area (TPSA) is 123 Å². The second kappa shape index (κ2) is 7.46. The minimum atomic E-state index is -4.19. The van der Waals surface area contributed by atoms with E-state index in [4.69, 9.17) is 4.74 Å². The van der Waals surface area contributed by atoms with Crippen LogP contribution in [0.1, 0.15) is 12.5 Å². The Morgan fingerprint density at radius 1 is 1.23 bits per heavy atom. The van der Waals surface area contributed by atoms with Crippen molar-refractivity contribution in [2.75, 3.05) is 21.9 Å². The Balaban J connectivity index is 1.76. The van der Waals surface area contributed by atoms with Crippen molar-refractivity contribution in [1.82, 2.24) is 4.98 Å². The van der Waals surface area contributed by atoms with Crippen LogP contribution in [0.2, 0.25) is 0 Å². The average molecular weight is 482 g/mol. The zero-order valence-electron chi connectivity index (χ0n) is 16.8. The maximum atomic E-state index is 13.1. The predicted molar refractivity (Wildman–Crippen MR) is 119 cm³/mol. The molecule has 164 valence electrons. The largest absolute Gasteiger partial charge is 0.495 e. The van der Waals surface area contributed by atoms with E-state index in [1.54, 1.807) is 6.07 Å². The van der Waals surface area contributed by atoms with E-state index in [2.05, 4.69) is 9.71 Å². The number of fused-ring (bicyclic) bond motifs is 1. The zero-order valence-corrected chi connectivity index (χ0v) is 19.3. The van der Waals surface area contributed by atoms with Crippen LogP contribution >= 0.6 is 11.3 Å². The van der Waals surface area contributed by atoms with Crippen molar-refractivity contribution in [3.05, 3.63) is 42.0 Å². The summed E-state index contributed by atoms with van der Waals surface area (Å²) in [5.41, 5.74) is 1.61. The van der Waals surface area contributed by atoms with E-state index in [0.29, 0.717) is 9.82 Å². The second-order valence-electron chi connectivity index (χ2n) is 7.21. The standard InChI is InChI=1S/C19H19N3O6S3/c1-11-4-6-14-16(8-11)29-19(20-14)21-31(26,27)17-9-13(5-7-15(17)28-3)22-18(23)12(2)10-30(22,24)25/h4-9,12H,10H2,1-3H3,(H,20,21). The van der Waals surface area contributed by atoms with Gasteiger partial charge in [-0.15, -0.1) is 0 Å². The van der Waals surface area contributed by atoms with Crippen LogP contribution in [0.4, 0.5) is 10.8 Å². The van der Waals surface area contributed by atoms with Gasteiger partial charge in [0.15, 0.2) is 5.13 Å². The van der Waals surface area contributed by atoms with Crippen LogP contribution in [0, 0.1) is 12.8 Å². The maximum Gasteiger partial charge on any atom is 0.267 e. The highest BCUT2D eigenvalue weighted by Crippen LogP contribution is 2.35. The van der Waals surface area contributed by atoms with E-state index in [1.165, 1.54) is 37.5 Å². The number of aromatic nitrogens is 1. The average Bonchev–Trinajstić information content (AvgIpc) is 3.16. The number of carbonyl (C=O) groups excluding carboxylic acids is 1. The van der Waals surface area contributed by atoms with Gasteiger partial charge in [0.25, 0.3) is 10.0 Å². The van der Waals surface area contributed by atoms with Crippen LogP contribution in [0.25, 0.3) is 10.2 Å². The summed E-state index contributed by atoms with van der Waals surface area (Å²) in [7, 11) is -6.78. The summed E-state index contributed by atoms with van der Waals surface area (Å²) in [6.45, 7) is 3.44. The summed E-state index contributed by atoms with van der Waals surface area (Å²) in [5, 5.41) is 0.159. The van der Waals surface area contributed by atoms with E-state index in [0.717, 1.165) is 16.3 Å². The van der Waals surface area contributed by atoms with Crippen molar-refractivity contribution in [2.45, 2.75) is 18.7 Å². The number of carbonyl (C=O) groups is 1. The molecular weight excluding hydrogens is 462 g/mol. The lowest BCUT2D eigenvalue weighted by Gasteiger charge is -2.18. The number of ether oxygens (including phenoxy) is 1. The predicted octanol–water partition coefficient (Wildman–Crippen LogP) is 2.73. The molecule has 9 nitrogen and oxygen atoms in total. The molecule has 31 heavy (non-hydrogen) atoms. The molecule has 1 fully saturated rings. The molecule has 1 amide bonds. The van der Waals surface area contributed by atoms with Crippen molar-refractivity contribution in [3.8, 4) is 5.75 Å². The first-order valence-electron chi connectivity index (χ1n) is 9.17. The number of methoxy groups -OCH3 is 1. The van der Waals surface area contributed by atoms with Crippen molar-refractivity contribution < 1.29 is 26.4 Å². The van der Waals surface area contributed by atoms with Crippen molar-refractivity contribution in [3.63, 3.8) is 0 Å². The molecule has 1 N–H and O–H groups in total. The summed E-state index contributed by atoms with van der Waals surface area (Å²) < 4.78 is 60.1. The van der Waals surface area contributed by atoms with E-state index in [-0.39, 0.29) is 27.2 Å². The first-order chi connectivity index (χ1) is 14.5. The summed E-state index contributed by atoms with van der Waals surface area (Å²) in [6.07, 6.45) is 0. The lowest BCUT2D eigenvalue weighted by atomic mass is 10.2. The van der Waals surface area contributed by atoms with Gasteiger partial charge in [-0.2, -0.15) is 0 Å². The highest BCUT2D eigenvalue weighted by atomic mass is 32.2. The number of amides is 1. The van der Waals surface area contributed by atoms with Gasteiger partial charge in [0.1, 0.15) is 10.6 Å². The molecule has 1 atom stereocenters. The van der Waals surface area contributed by atoms with Crippen LogP contribution in [-0.2, 0) is 24.8 Å². The molecular formula is C19H19N3O6S3. The maximum absolute atomic E-state index is 13.1. The van der Waals surface area contributed by atoms with Gasteiger partial charge >= 0.3 is 0 Å². The number of hydrogen-bond donors (Lipinski definition) is 1. The molecule has 0 bridgehead atoms. The summed E-state index contributed by atoms with van der Waals surface area (Å²) in [6, 6.07) is 9.35. The number of anilines is 2. The van der Waals surface area contributed by atoms with Crippen LogP contribution in [0.15, 0.2) is 41.3 Å². The molecule has 0 saturated carbocycles. The molecule has 1 aliphatic rings. The van der Waals surface area contributed by atoms with E-state index in [1.807, 2.05) is 19.1 Å². The van der Waals surface area contributed by atoms with Gasteiger partial charge in [0.05, 0.1) is 34.7 Å². The normalized spacial score (nSPS) is 18.5. The van der Waals surface area contributed by atoms with Gasteiger partial charge in [-0.1, -0.05) is 24.3 Å². The third kappa shape index (κ3) is 3.86. The highest BCUT2D eigenvalue weighted by Gasteiger charge is 2.42. The van der Waals surface area contributed by atoms with Crippen LogP contribution in [-0.4, -0.2) is 40.6 Å². The van der Waals surface area contributed by atoms with Gasteiger partial charge in [0.2, 0.25) is 15.9 Å². The number of aryl methyl sites for hydroxylation is 1. The molecule has 1 unspecified atom stereocenters. The fraction of sp³-hybridized carbons (Fsp3) is 0.263. The molecule has 3 aromatic rings. The third-order valence-corrected chi connectivity index (χ3v) is 9.09. The second-order valence-corrected chi connectivity index (χ2v) is 11.8. The van der Waals surface area contributed by atoms with Gasteiger partial charge in [-0.3, -0.25) is 9.52 Å². The van der Waals surface area contributed by atoms with Crippen molar-refractivity contribution in [2.24, 2.45) is 5.92 Å². The van der Waals surface area contributed by atoms with Gasteiger partial charge in [0, 0.05) is 0 Å². The van der Waals surface area contributed by atoms with Crippen LogP contribution in [0.3, 0.4) is 0 Å². The quantitative estimate of drug-likeness (QED) is 0.594. The molecule has 1 aromatic heterocycles. The van der Waals surface area contributed by atoms with Crippen LogP contribution < -0.4 is 13.8 Å². The Morgan fingerprint density at radius 3 is 2.61 bits per heavy atom. The summed E-state index contributed by atoms with van der Waals surface area (Å²) in [5.74, 6) is -1.65. The number of thiazole rings is 1. The Labute approximate surface area is 183 Å². The molecule has 0 aliphatic carbocycles. The number of nitrogens with zero attached hydrogens (tertiary/aromatic N) is 2. The van der Waals surface area contributed by atoms with E-state index in [9.17, 15) is 21.6 Å². The molecule has 12 heteroatoms. The Hall–Kier alpha value is -2.70. The third-order valence-electron chi connectivity index (χ3n) is 4.80. The monoisotopic (exact) mass is 481 g/mol. The lowest BCUT2D eigenvalue weighted by molar-refractivity contribution is -0.119. The lowest BCUT2D eigenvalue weighted by Crippen LogP contribution is -2.30. The zero-order chi connectivity index (χ0) is 22.6. The van der Waals surface area contributed by atoms with Crippen molar-refractivity contribution in [1.29, 1.82) is 0 Å². The molecule has 2 heterocycles. The Morgan fingerprint density at radius 2 is 1.97 bits per heavy atom.